The van der Waals surface area contributed by atoms with Gasteiger partial charge in [0.1, 0.15) is 0 Å². The van der Waals surface area contributed by atoms with Gasteiger partial charge in [-0.05, 0) is 24.7 Å². The van der Waals surface area contributed by atoms with Crippen LogP contribution >= 0.6 is 0 Å². The molecular weight excluding hydrogens is 180 g/mol. The van der Waals surface area contributed by atoms with Crippen LogP contribution < -0.4 is 0 Å². The van der Waals surface area contributed by atoms with Crippen LogP contribution in [0.1, 0.15) is 38.5 Å². The van der Waals surface area contributed by atoms with Crippen molar-refractivity contribution in [2.45, 2.75) is 38.5 Å². The van der Waals surface area contributed by atoms with Crippen LogP contribution in [0.25, 0.3) is 0 Å². The number of carbonyl (C=O) groups excluding carboxylic acids is 1. The van der Waals surface area contributed by atoms with Gasteiger partial charge in [-0.2, -0.15) is 0 Å². The van der Waals surface area contributed by atoms with E-state index < -0.39 is 6.16 Å². The third-order valence-corrected chi connectivity index (χ3v) is 2.89. The summed E-state index contributed by atoms with van der Waals surface area (Å²) in [5.74, 6) is 1.63. The van der Waals surface area contributed by atoms with Crippen LogP contribution in [-0.4, -0.2) is 19.4 Å². The highest BCUT2D eigenvalue weighted by atomic mass is 16.7. The van der Waals surface area contributed by atoms with Crippen molar-refractivity contribution in [3.05, 3.63) is 0 Å². The van der Waals surface area contributed by atoms with E-state index in [1.54, 1.807) is 0 Å². The minimum Gasteiger partial charge on any atom is -0.434 e. The maximum atomic E-state index is 11.0. The highest BCUT2D eigenvalue weighted by Gasteiger charge is 2.22. The van der Waals surface area contributed by atoms with Crippen LogP contribution in [-0.2, 0) is 9.47 Å². The Kier molecular flexibility index (Phi) is 3.27. The van der Waals surface area contributed by atoms with Gasteiger partial charge in [-0.1, -0.05) is 25.7 Å². The summed E-state index contributed by atoms with van der Waals surface area (Å²) in [5.41, 5.74) is 0. The fourth-order valence-electron chi connectivity index (χ4n) is 1.47. The first kappa shape index (κ1) is 9.81. The van der Waals surface area contributed by atoms with Crippen molar-refractivity contribution < 1.29 is 14.3 Å². The van der Waals surface area contributed by atoms with Gasteiger partial charge >= 0.3 is 6.16 Å². The predicted molar refractivity (Wildman–Crippen MR) is 52.0 cm³/mol. The Morgan fingerprint density at radius 3 is 1.71 bits per heavy atom. The molecule has 0 unspecified atom stereocenters. The molecule has 3 nitrogen and oxygen atoms in total. The monoisotopic (exact) mass is 198 g/mol. The van der Waals surface area contributed by atoms with Gasteiger partial charge in [0.15, 0.2) is 0 Å². The van der Waals surface area contributed by atoms with Gasteiger partial charge in [0.2, 0.25) is 0 Å². The number of carbonyl (C=O) groups is 1. The maximum Gasteiger partial charge on any atom is 0.508 e. The molecule has 2 saturated carbocycles. The van der Waals surface area contributed by atoms with Crippen molar-refractivity contribution in [3.63, 3.8) is 0 Å². The van der Waals surface area contributed by atoms with Crippen LogP contribution in [0.5, 0.6) is 0 Å². The van der Waals surface area contributed by atoms with E-state index in [-0.39, 0.29) is 0 Å². The summed E-state index contributed by atoms with van der Waals surface area (Å²) in [4.78, 5) is 11.0. The molecule has 80 valence electrons. The molecule has 0 atom stereocenters. The van der Waals surface area contributed by atoms with E-state index in [2.05, 4.69) is 0 Å². The molecule has 2 aliphatic rings. The molecule has 2 fully saturated rings. The molecule has 0 bridgehead atoms. The van der Waals surface area contributed by atoms with Gasteiger partial charge < -0.3 is 9.47 Å². The van der Waals surface area contributed by atoms with E-state index in [0.29, 0.717) is 13.2 Å². The van der Waals surface area contributed by atoms with Crippen molar-refractivity contribution in [2.24, 2.45) is 11.8 Å². The van der Waals surface area contributed by atoms with E-state index in [9.17, 15) is 4.79 Å². The molecule has 2 rings (SSSR count). The summed E-state index contributed by atoms with van der Waals surface area (Å²) in [6.07, 6.45) is 6.77. The Balaban J connectivity index is 1.40. The van der Waals surface area contributed by atoms with Crippen molar-refractivity contribution in [1.82, 2.24) is 0 Å². The summed E-state index contributed by atoms with van der Waals surface area (Å²) < 4.78 is 9.87. The first-order chi connectivity index (χ1) is 6.84. The third kappa shape index (κ3) is 3.99. The zero-order valence-corrected chi connectivity index (χ0v) is 8.54. The molecule has 0 N–H and O–H groups in total. The lowest BCUT2D eigenvalue weighted by molar-refractivity contribution is 0.0519. The van der Waals surface area contributed by atoms with Crippen molar-refractivity contribution >= 4 is 6.16 Å². The fourth-order valence-corrected chi connectivity index (χ4v) is 1.47. The third-order valence-electron chi connectivity index (χ3n) is 2.89. The van der Waals surface area contributed by atoms with Crippen LogP contribution in [0.4, 0.5) is 4.79 Å². The van der Waals surface area contributed by atoms with E-state index in [1.807, 2.05) is 0 Å². The normalized spacial score (nSPS) is 20.6. The first-order valence-electron chi connectivity index (χ1n) is 5.64. The summed E-state index contributed by atoms with van der Waals surface area (Å²) >= 11 is 0. The van der Waals surface area contributed by atoms with Crippen molar-refractivity contribution in [2.75, 3.05) is 13.2 Å². The van der Waals surface area contributed by atoms with Crippen LogP contribution in [0.3, 0.4) is 0 Å². The maximum absolute atomic E-state index is 11.0. The SMILES string of the molecule is O=C(OCCC1CC1)OCCC1CC1. The van der Waals surface area contributed by atoms with Crippen molar-refractivity contribution in [3.8, 4) is 0 Å². The van der Waals surface area contributed by atoms with E-state index in [0.717, 1.165) is 24.7 Å². The molecule has 2 aliphatic carbocycles. The summed E-state index contributed by atoms with van der Waals surface area (Å²) in [5, 5.41) is 0. The van der Waals surface area contributed by atoms with E-state index in [4.69, 9.17) is 9.47 Å². The molecule has 0 saturated heterocycles. The molecule has 0 radical (unpaired) electrons. The van der Waals surface area contributed by atoms with E-state index in [1.165, 1.54) is 25.7 Å². The molecule has 14 heavy (non-hydrogen) atoms. The second-order valence-corrected chi connectivity index (χ2v) is 4.41. The Labute approximate surface area is 84.8 Å². The number of hydrogen-bond acceptors (Lipinski definition) is 3. The van der Waals surface area contributed by atoms with Crippen LogP contribution in [0, 0.1) is 11.8 Å². The summed E-state index contributed by atoms with van der Waals surface area (Å²) in [6, 6.07) is 0. The molecule has 3 heteroatoms. The topological polar surface area (TPSA) is 35.5 Å². The lowest BCUT2D eigenvalue weighted by atomic mass is 10.3. The van der Waals surface area contributed by atoms with Gasteiger partial charge in [0, 0.05) is 0 Å². The molecule has 0 aromatic carbocycles. The second kappa shape index (κ2) is 4.67. The quantitative estimate of drug-likeness (QED) is 0.615. The largest absolute Gasteiger partial charge is 0.508 e. The molecular formula is C11H18O3. The Morgan fingerprint density at radius 1 is 0.929 bits per heavy atom. The lowest BCUT2D eigenvalue weighted by Gasteiger charge is -2.04. The highest BCUT2D eigenvalue weighted by Crippen LogP contribution is 2.32. The summed E-state index contributed by atoms with van der Waals surface area (Å²) in [6.45, 7) is 1.07. The average Bonchev–Trinajstić information content (AvgIpc) is 2.99. The second-order valence-electron chi connectivity index (χ2n) is 4.41. The zero-order valence-electron chi connectivity index (χ0n) is 8.54. The van der Waals surface area contributed by atoms with Gasteiger partial charge in [-0.3, -0.25) is 0 Å². The van der Waals surface area contributed by atoms with Gasteiger partial charge in [-0.15, -0.1) is 0 Å². The van der Waals surface area contributed by atoms with Gasteiger partial charge in [0.05, 0.1) is 13.2 Å². The zero-order chi connectivity index (χ0) is 9.80. The first-order valence-corrected chi connectivity index (χ1v) is 5.64. The van der Waals surface area contributed by atoms with Crippen molar-refractivity contribution in [1.29, 1.82) is 0 Å². The molecule has 0 aromatic heterocycles. The van der Waals surface area contributed by atoms with Crippen LogP contribution in [0.2, 0.25) is 0 Å². The minimum absolute atomic E-state index is 0.480. The molecule has 0 spiro atoms. The minimum atomic E-state index is -0.480. The van der Waals surface area contributed by atoms with Gasteiger partial charge in [-0.25, -0.2) is 4.79 Å². The Bertz CT molecular complexity index is 175. The fraction of sp³-hybridized carbons (Fsp3) is 0.909. The molecule has 0 aromatic rings. The predicted octanol–water partition coefficient (Wildman–Crippen LogP) is 2.74. The molecule has 0 aliphatic heterocycles. The lowest BCUT2D eigenvalue weighted by Crippen LogP contribution is -2.10. The molecule has 0 amide bonds. The molecule has 0 heterocycles. The average molecular weight is 198 g/mol. The number of rotatable bonds is 6. The standard InChI is InChI=1S/C11H18O3/c12-11(13-7-5-9-1-2-9)14-8-6-10-3-4-10/h9-10H,1-8H2. The smallest absolute Gasteiger partial charge is 0.434 e. The van der Waals surface area contributed by atoms with E-state index >= 15 is 0 Å². The Morgan fingerprint density at radius 2 is 1.36 bits per heavy atom. The van der Waals surface area contributed by atoms with Gasteiger partial charge in [0.25, 0.3) is 0 Å². The Hall–Kier alpha value is -0.730. The highest BCUT2D eigenvalue weighted by molar-refractivity contribution is 5.59. The number of hydrogen-bond donors (Lipinski definition) is 0. The van der Waals surface area contributed by atoms with Crippen LogP contribution in [0.15, 0.2) is 0 Å². The summed E-state index contributed by atoms with van der Waals surface area (Å²) in [7, 11) is 0. The number of ether oxygens (including phenoxy) is 2.